The van der Waals surface area contributed by atoms with E-state index in [0.717, 1.165) is 77.0 Å². The molecule has 0 heterocycles. The Labute approximate surface area is 323 Å². The van der Waals surface area contributed by atoms with Crippen molar-refractivity contribution in [3.63, 3.8) is 0 Å². The normalized spacial score (nSPS) is 13.8. The van der Waals surface area contributed by atoms with E-state index in [1.54, 1.807) is 21.1 Å². The van der Waals surface area contributed by atoms with E-state index < -0.39 is 18.1 Å². The van der Waals surface area contributed by atoms with E-state index in [-0.39, 0.29) is 49.1 Å². The molecule has 0 aromatic rings. The first-order valence-corrected chi connectivity index (χ1v) is 20.5. The molecule has 0 bridgehead atoms. The number of unbranched alkanes of at least 4 members (excludes halogenated alkanes) is 9. The maximum atomic E-state index is 12.6. The van der Waals surface area contributed by atoms with Gasteiger partial charge in [-0.15, -0.1) is 0 Å². The van der Waals surface area contributed by atoms with Crippen molar-refractivity contribution in [2.75, 3.05) is 41.0 Å². The zero-order valence-electron chi connectivity index (χ0n) is 34.2. The summed E-state index contributed by atoms with van der Waals surface area (Å²) in [5.41, 5.74) is 0. The second-order valence-electron chi connectivity index (χ2n) is 14.5. The van der Waals surface area contributed by atoms with Gasteiger partial charge in [0.25, 0.3) is 0 Å². The summed E-state index contributed by atoms with van der Waals surface area (Å²) >= 11 is 0. The number of carbonyl (C=O) groups excluding carboxylic acids is 3. The Morgan fingerprint density at radius 3 is 1.62 bits per heavy atom. The average Bonchev–Trinajstić information content (AvgIpc) is 3.11. The lowest BCUT2D eigenvalue weighted by Gasteiger charge is -2.34. The molecule has 0 fully saturated rings. The average molecular weight is 742 g/mol. The molecule has 2 atom stereocenters. The van der Waals surface area contributed by atoms with Gasteiger partial charge in [-0.3, -0.25) is 9.59 Å². The fourth-order valence-corrected chi connectivity index (χ4v) is 5.39. The number of aliphatic carboxylic acids is 1. The smallest absolute Gasteiger partial charge is 0.306 e. The number of carboxylic acids is 1. The number of hydrogen-bond acceptors (Lipinski definition) is 7. The van der Waals surface area contributed by atoms with Gasteiger partial charge in [-0.05, 0) is 77.0 Å². The number of rotatable bonds is 35. The van der Waals surface area contributed by atoms with Crippen molar-refractivity contribution in [3.8, 4) is 0 Å². The Morgan fingerprint density at radius 2 is 1.08 bits per heavy atom. The topological polar surface area (TPSA) is 102 Å². The highest BCUT2D eigenvalue weighted by molar-refractivity contribution is 5.70. The van der Waals surface area contributed by atoms with Gasteiger partial charge in [-0.2, -0.15) is 0 Å². The van der Waals surface area contributed by atoms with E-state index in [9.17, 15) is 19.5 Å². The van der Waals surface area contributed by atoms with Crippen molar-refractivity contribution in [3.05, 3.63) is 72.9 Å². The van der Waals surface area contributed by atoms with Gasteiger partial charge in [-0.25, -0.2) is 0 Å². The van der Waals surface area contributed by atoms with E-state index in [1.165, 1.54) is 25.7 Å². The number of esters is 2. The molecule has 8 heteroatoms. The molecule has 0 saturated heterocycles. The summed E-state index contributed by atoms with van der Waals surface area (Å²) in [6.45, 7) is 4.43. The number of carboxylic acid groups (broad SMARTS) is 1. The SMILES string of the molecule is CC/C=C/C/C=C/C/C=C/C/C=C/C/C=C/CCCCCCC(=O)OCC(COCCC(C(=O)[O-])[N+](C)(C)C)OC(=O)CCC/C=C/CCCCCC. The zero-order valence-corrected chi connectivity index (χ0v) is 34.2. The summed E-state index contributed by atoms with van der Waals surface area (Å²) < 4.78 is 17.0. The molecule has 0 amide bonds. The second-order valence-corrected chi connectivity index (χ2v) is 14.5. The molecule has 0 N–H and O–H groups in total. The number of ether oxygens (including phenoxy) is 3. The lowest BCUT2D eigenvalue weighted by atomic mass is 10.1. The van der Waals surface area contributed by atoms with Crippen LogP contribution in [0.5, 0.6) is 0 Å². The summed E-state index contributed by atoms with van der Waals surface area (Å²) in [5.74, 6) is -1.82. The third-order valence-electron chi connectivity index (χ3n) is 8.58. The monoisotopic (exact) mass is 742 g/mol. The predicted octanol–water partition coefficient (Wildman–Crippen LogP) is 9.46. The first-order chi connectivity index (χ1) is 25.6. The Balaban J connectivity index is 4.39. The first-order valence-electron chi connectivity index (χ1n) is 20.5. The third kappa shape index (κ3) is 34.3. The molecule has 0 radical (unpaired) electrons. The molecule has 2 unspecified atom stereocenters. The van der Waals surface area contributed by atoms with E-state index in [1.807, 2.05) is 0 Å². The van der Waals surface area contributed by atoms with Crippen molar-refractivity contribution in [1.82, 2.24) is 0 Å². The molecule has 0 aliphatic rings. The van der Waals surface area contributed by atoms with Gasteiger partial charge in [0, 0.05) is 19.3 Å². The Kier molecular flexibility index (Phi) is 33.6. The van der Waals surface area contributed by atoms with Gasteiger partial charge in [0.1, 0.15) is 12.6 Å². The van der Waals surface area contributed by atoms with Crippen molar-refractivity contribution in [1.29, 1.82) is 0 Å². The Morgan fingerprint density at radius 1 is 0.585 bits per heavy atom. The van der Waals surface area contributed by atoms with Gasteiger partial charge in [0.2, 0.25) is 0 Å². The fourth-order valence-electron chi connectivity index (χ4n) is 5.39. The molecular weight excluding hydrogens is 666 g/mol. The van der Waals surface area contributed by atoms with Crippen molar-refractivity contribution in [2.45, 2.75) is 154 Å². The summed E-state index contributed by atoms with van der Waals surface area (Å²) in [4.78, 5) is 36.6. The number of allylic oxidation sites excluding steroid dienone is 12. The molecule has 0 saturated carbocycles. The second kappa shape index (κ2) is 35.8. The fraction of sp³-hybridized carbons (Fsp3) is 0.667. The van der Waals surface area contributed by atoms with Crippen molar-refractivity contribution in [2.24, 2.45) is 0 Å². The molecule has 302 valence electrons. The van der Waals surface area contributed by atoms with Crippen LogP contribution in [0, 0.1) is 0 Å². The van der Waals surface area contributed by atoms with Crippen LogP contribution >= 0.6 is 0 Å². The highest BCUT2D eigenvalue weighted by Crippen LogP contribution is 2.11. The molecule has 0 spiro atoms. The minimum absolute atomic E-state index is 0.0173. The number of quaternary nitrogens is 1. The van der Waals surface area contributed by atoms with Crippen LogP contribution in [0.3, 0.4) is 0 Å². The van der Waals surface area contributed by atoms with Gasteiger partial charge in [0.15, 0.2) is 6.10 Å². The highest BCUT2D eigenvalue weighted by Gasteiger charge is 2.25. The van der Waals surface area contributed by atoms with Crippen molar-refractivity contribution < 1.29 is 38.2 Å². The van der Waals surface area contributed by atoms with Crippen LogP contribution in [-0.2, 0) is 28.6 Å². The van der Waals surface area contributed by atoms with Crippen LogP contribution in [0.25, 0.3) is 0 Å². The number of likely N-dealkylation sites (N-methyl/N-ethyl adjacent to an activating group) is 1. The number of hydrogen-bond donors (Lipinski definition) is 0. The summed E-state index contributed by atoms with van der Waals surface area (Å²) in [5, 5.41) is 11.6. The third-order valence-corrected chi connectivity index (χ3v) is 8.58. The molecule has 0 aromatic heterocycles. The minimum atomic E-state index is -1.14. The predicted molar refractivity (Wildman–Crippen MR) is 217 cm³/mol. The van der Waals surface area contributed by atoms with Crippen LogP contribution in [-0.4, -0.2) is 75.5 Å². The molecule has 0 rings (SSSR count). The van der Waals surface area contributed by atoms with E-state index in [2.05, 4.69) is 86.8 Å². The highest BCUT2D eigenvalue weighted by atomic mass is 16.6. The molecule has 0 aromatic carbocycles. The van der Waals surface area contributed by atoms with E-state index >= 15 is 0 Å². The van der Waals surface area contributed by atoms with E-state index in [0.29, 0.717) is 12.8 Å². The standard InChI is InChI=1S/C45H75NO7/c1-6-8-10-12-14-16-17-18-19-20-21-22-23-24-25-26-28-29-31-33-35-43(47)52-40-41(39-51-38-37-42(45(49)50)46(3,4)5)53-44(48)36-34-32-30-27-15-13-11-9-7-2/h8,10,14,16,18-19,21-22,24-25,27,30,41-42H,6-7,9,11-13,15,17,20,23,26,28-29,31-40H2,1-5H3/b10-8+,16-14+,19-18+,22-21+,25-24+,30-27+. The number of carbonyl (C=O) groups is 3. The quantitative estimate of drug-likeness (QED) is 0.0276. The van der Waals surface area contributed by atoms with Crippen LogP contribution in [0.2, 0.25) is 0 Å². The molecular formula is C45H75NO7. The summed E-state index contributed by atoms with van der Waals surface area (Å²) in [6, 6.07) is -0.736. The van der Waals surface area contributed by atoms with Crippen LogP contribution < -0.4 is 5.11 Å². The Hall–Kier alpha value is -3.23. The summed E-state index contributed by atoms with van der Waals surface area (Å²) in [7, 11) is 5.37. The first kappa shape index (κ1) is 49.8. The van der Waals surface area contributed by atoms with Crippen LogP contribution in [0.4, 0.5) is 0 Å². The maximum Gasteiger partial charge on any atom is 0.306 e. The summed E-state index contributed by atoms with van der Waals surface area (Å²) in [6.07, 6.45) is 43.7. The Bertz CT molecular complexity index is 1100. The molecule has 8 nitrogen and oxygen atoms in total. The van der Waals surface area contributed by atoms with Gasteiger partial charge in [-0.1, -0.05) is 119 Å². The van der Waals surface area contributed by atoms with Gasteiger partial charge in [0.05, 0.1) is 40.3 Å². The number of nitrogens with zero attached hydrogens (tertiary/aromatic N) is 1. The molecule has 53 heavy (non-hydrogen) atoms. The largest absolute Gasteiger partial charge is 0.544 e. The molecule has 0 aliphatic heterocycles. The lowest BCUT2D eigenvalue weighted by molar-refractivity contribution is -0.889. The van der Waals surface area contributed by atoms with Crippen LogP contribution in [0.15, 0.2) is 72.9 Å². The van der Waals surface area contributed by atoms with Crippen molar-refractivity contribution >= 4 is 17.9 Å². The maximum absolute atomic E-state index is 12.6. The molecule has 0 aliphatic carbocycles. The zero-order chi connectivity index (χ0) is 39.3. The lowest BCUT2D eigenvalue weighted by Crippen LogP contribution is -2.55. The van der Waals surface area contributed by atoms with Gasteiger partial charge < -0.3 is 28.6 Å². The van der Waals surface area contributed by atoms with Crippen LogP contribution in [0.1, 0.15) is 142 Å². The minimum Gasteiger partial charge on any atom is -0.544 e. The van der Waals surface area contributed by atoms with E-state index in [4.69, 9.17) is 14.2 Å². The van der Waals surface area contributed by atoms with Gasteiger partial charge >= 0.3 is 11.9 Å².